The first-order valence-electron chi connectivity index (χ1n) is 4.21. The first kappa shape index (κ1) is 11.8. The molecule has 0 unspecified atom stereocenters. The lowest BCUT2D eigenvalue weighted by atomic mass is 10.1. The van der Waals surface area contributed by atoms with Crippen molar-refractivity contribution in [2.45, 2.75) is 6.42 Å². The van der Waals surface area contributed by atoms with Crippen LogP contribution in [0.1, 0.15) is 5.56 Å². The number of halogens is 1. The van der Waals surface area contributed by atoms with E-state index in [1.807, 2.05) is 0 Å². The predicted octanol–water partition coefficient (Wildman–Crippen LogP) is 2.09. The zero-order chi connectivity index (χ0) is 11.4. The third-order valence-electron chi connectivity index (χ3n) is 1.91. The second-order valence-electron chi connectivity index (χ2n) is 2.84. The Morgan fingerprint density at radius 2 is 2.07 bits per heavy atom. The summed E-state index contributed by atoms with van der Waals surface area (Å²) >= 11 is 3.29. The maximum absolute atomic E-state index is 10.6. The maximum atomic E-state index is 10.6. The summed E-state index contributed by atoms with van der Waals surface area (Å²) in [6.07, 6.45) is -0.0546. The monoisotopic (exact) mass is 274 g/mol. The van der Waals surface area contributed by atoms with E-state index in [2.05, 4.69) is 15.9 Å². The lowest BCUT2D eigenvalue weighted by molar-refractivity contribution is -0.136. The zero-order valence-electron chi connectivity index (χ0n) is 8.41. The maximum Gasteiger partial charge on any atom is 0.307 e. The van der Waals surface area contributed by atoms with Crippen molar-refractivity contribution in [2.24, 2.45) is 0 Å². The van der Waals surface area contributed by atoms with Crippen molar-refractivity contribution in [1.82, 2.24) is 0 Å². The molecule has 0 aliphatic carbocycles. The molecule has 0 aliphatic rings. The van der Waals surface area contributed by atoms with E-state index in [1.165, 1.54) is 14.2 Å². The second-order valence-corrected chi connectivity index (χ2v) is 3.64. The third-order valence-corrected chi connectivity index (χ3v) is 2.78. The van der Waals surface area contributed by atoms with Crippen LogP contribution in [0.5, 0.6) is 11.5 Å². The van der Waals surface area contributed by atoms with Gasteiger partial charge in [0.15, 0.2) is 11.5 Å². The molecule has 0 saturated carbocycles. The smallest absolute Gasteiger partial charge is 0.307 e. The minimum absolute atomic E-state index is 0.0546. The number of hydrogen-bond acceptors (Lipinski definition) is 3. The molecule has 0 amide bonds. The van der Waals surface area contributed by atoms with Gasteiger partial charge in [0.2, 0.25) is 0 Å². The molecule has 0 heterocycles. The summed E-state index contributed by atoms with van der Waals surface area (Å²) in [7, 11) is 3.04. The fourth-order valence-corrected chi connectivity index (χ4v) is 1.86. The number of methoxy groups -OCH3 is 2. The Morgan fingerprint density at radius 3 is 2.53 bits per heavy atom. The van der Waals surface area contributed by atoms with Crippen molar-refractivity contribution < 1.29 is 19.4 Å². The van der Waals surface area contributed by atoms with Gasteiger partial charge in [-0.3, -0.25) is 4.79 Å². The Bertz CT molecular complexity index is 376. The molecular formula is C10H11BrO4. The van der Waals surface area contributed by atoms with Gasteiger partial charge in [-0.25, -0.2) is 0 Å². The van der Waals surface area contributed by atoms with Gasteiger partial charge in [0.1, 0.15) is 0 Å². The molecule has 1 aromatic rings. The first-order valence-corrected chi connectivity index (χ1v) is 5.00. The molecule has 0 aliphatic heterocycles. The highest BCUT2D eigenvalue weighted by Crippen LogP contribution is 2.37. The van der Waals surface area contributed by atoms with E-state index in [9.17, 15) is 4.79 Å². The number of carboxylic acid groups (broad SMARTS) is 1. The molecule has 15 heavy (non-hydrogen) atoms. The van der Waals surface area contributed by atoms with Gasteiger partial charge in [-0.2, -0.15) is 0 Å². The minimum Gasteiger partial charge on any atom is -0.493 e. The molecule has 0 atom stereocenters. The van der Waals surface area contributed by atoms with Gasteiger partial charge in [-0.15, -0.1) is 0 Å². The Kier molecular flexibility index (Phi) is 3.96. The van der Waals surface area contributed by atoms with E-state index in [0.717, 1.165) is 0 Å². The topological polar surface area (TPSA) is 55.8 Å². The summed E-state index contributed by atoms with van der Waals surface area (Å²) < 4.78 is 10.8. The normalized spacial score (nSPS) is 9.80. The SMILES string of the molecule is COc1ccc(CC(=O)O)c(Br)c1OC. The molecule has 4 nitrogen and oxygen atoms in total. The number of carboxylic acids is 1. The molecule has 0 fully saturated rings. The molecule has 0 saturated heterocycles. The lowest BCUT2D eigenvalue weighted by Gasteiger charge is -2.11. The van der Waals surface area contributed by atoms with Crippen LogP contribution in [0.25, 0.3) is 0 Å². The highest BCUT2D eigenvalue weighted by Gasteiger charge is 2.14. The number of rotatable bonds is 4. The molecule has 1 rings (SSSR count). The number of carbonyl (C=O) groups is 1. The highest BCUT2D eigenvalue weighted by atomic mass is 79.9. The van der Waals surface area contributed by atoms with E-state index < -0.39 is 5.97 Å². The summed E-state index contributed by atoms with van der Waals surface area (Å²) in [4.78, 5) is 10.6. The van der Waals surface area contributed by atoms with Crippen molar-refractivity contribution in [2.75, 3.05) is 14.2 Å². The molecule has 5 heteroatoms. The Morgan fingerprint density at radius 1 is 1.40 bits per heavy atom. The van der Waals surface area contributed by atoms with Crippen molar-refractivity contribution >= 4 is 21.9 Å². The van der Waals surface area contributed by atoms with Gasteiger partial charge in [-0.05, 0) is 27.6 Å². The van der Waals surface area contributed by atoms with E-state index in [-0.39, 0.29) is 6.42 Å². The Labute approximate surface area is 95.9 Å². The van der Waals surface area contributed by atoms with Crippen molar-refractivity contribution in [1.29, 1.82) is 0 Å². The van der Waals surface area contributed by atoms with Crippen LogP contribution in [0.4, 0.5) is 0 Å². The van der Waals surface area contributed by atoms with Gasteiger partial charge in [0.25, 0.3) is 0 Å². The van der Waals surface area contributed by atoms with Gasteiger partial charge < -0.3 is 14.6 Å². The summed E-state index contributed by atoms with van der Waals surface area (Å²) in [5.74, 6) is 0.192. The summed E-state index contributed by atoms with van der Waals surface area (Å²) in [6.45, 7) is 0. The number of aliphatic carboxylic acids is 1. The van der Waals surface area contributed by atoms with E-state index >= 15 is 0 Å². The Balaban J connectivity index is 3.16. The quantitative estimate of drug-likeness (QED) is 0.914. The van der Waals surface area contributed by atoms with Crippen LogP contribution in [-0.4, -0.2) is 25.3 Å². The van der Waals surface area contributed by atoms with Crippen LogP contribution in [0.3, 0.4) is 0 Å². The molecule has 0 radical (unpaired) electrons. The van der Waals surface area contributed by atoms with E-state index in [1.54, 1.807) is 12.1 Å². The van der Waals surface area contributed by atoms with Crippen LogP contribution >= 0.6 is 15.9 Å². The molecule has 0 bridgehead atoms. The van der Waals surface area contributed by atoms with Crippen molar-refractivity contribution in [3.63, 3.8) is 0 Å². The summed E-state index contributed by atoms with van der Waals surface area (Å²) in [5, 5.41) is 8.69. The molecular weight excluding hydrogens is 264 g/mol. The molecule has 82 valence electrons. The van der Waals surface area contributed by atoms with Gasteiger partial charge >= 0.3 is 5.97 Å². The fraction of sp³-hybridized carbons (Fsp3) is 0.300. The van der Waals surface area contributed by atoms with E-state index in [4.69, 9.17) is 14.6 Å². The number of hydrogen-bond donors (Lipinski definition) is 1. The average molecular weight is 275 g/mol. The summed E-state index contributed by atoms with van der Waals surface area (Å²) in [6, 6.07) is 3.38. The van der Waals surface area contributed by atoms with Gasteiger partial charge in [0.05, 0.1) is 25.1 Å². The second kappa shape index (κ2) is 5.02. The standard InChI is InChI=1S/C10H11BrO4/c1-14-7-4-3-6(5-8(12)13)9(11)10(7)15-2/h3-4H,5H2,1-2H3,(H,12,13). The fourth-order valence-electron chi connectivity index (χ4n) is 1.23. The minimum atomic E-state index is -0.886. The predicted molar refractivity (Wildman–Crippen MR) is 58.6 cm³/mol. The molecule has 1 N–H and O–H groups in total. The molecule has 0 aromatic heterocycles. The first-order chi connectivity index (χ1) is 7.10. The number of benzene rings is 1. The van der Waals surface area contributed by atoms with E-state index in [0.29, 0.717) is 21.5 Å². The van der Waals surface area contributed by atoms with Gasteiger partial charge in [-0.1, -0.05) is 6.07 Å². The van der Waals surface area contributed by atoms with Crippen LogP contribution in [-0.2, 0) is 11.2 Å². The third kappa shape index (κ3) is 2.62. The lowest BCUT2D eigenvalue weighted by Crippen LogP contribution is -2.02. The van der Waals surface area contributed by atoms with Crippen LogP contribution < -0.4 is 9.47 Å². The molecule has 0 spiro atoms. The van der Waals surface area contributed by atoms with Crippen LogP contribution in [0, 0.1) is 0 Å². The van der Waals surface area contributed by atoms with Crippen LogP contribution in [0.2, 0.25) is 0 Å². The molecule has 1 aromatic carbocycles. The average Bonchev–Trinajstić information content (AvgIpc) is 2.20. The van der Waals surface area contributed by atoms with Crippen LogP contribution in [0.15, 0.2) is 16.6 Å². The summed E-state index contributed by atoms with van der Waals surface area (Å²) in [5.41, 5.74) is 0.653. The van der Waals surface area contributed by atoms with Crippen molar-refractivity contribution in [3.8, 4) is 11.5 Å². The van der Waals surface area contributed by atoms with Crippen molar-refractivity contribution in [3.05, 3.63) is 22.2 Å². The zero-order valence-corrected chi connectivity index (χ0v) is 10.00. The largest absolute Gasteiger partial charge is 0.493 e. The number of ether oxygens (including phenoxy) is 2. The highest BCUT2D eigenvalue weighted by molar-refractivity contribution is 9.10. The van der Waals surface area contributed by atoms with Gasteiger partial charge in [0, 0.05) is 0 Å². The Hall–Kier alpha value is -1.23.